The molecule has 1 fully saturated rings. The summed E-state index contributed by atoms with van der Waals surface area (Å²) in [4.78, 5) is 28.2. The van der Waals surface area contributed by atoms with Gasteiger partial charge in [0.05, 0.1) is 12.6 Å². The van der Waals surface area contributed by atoms with Gasteiger partial charge in [-0.3, -0.25) is 14.0 Å². The van der Waals surface area contributed by atoms with Crippen LogP contribution in [0.1, 0.15) is 41.6 Å². The third-order valence-electron chi connectivity index (χ3n) is 6.08. The average Bonchev–Trinajstić information content (AvgIpc) is 3.39. The first-order valence-electron chi connectivity index (χ1n) is 10.2. The zero-order valence-corrected chi connectivity index (χ0v) is 16.4. The molecular formula is C21H24N6O2. The molecule has 0 N–H and O–H groups in total. The predicted molar refractivity (Wildman–Crippen MR) is 107 cm³/mol. The minimum Gasteiger partial charge on any atom is -0.329 e. The second-order valence-corrected chi connectivity index (χ2v) is 7.79. The number of amides is 1. The molecule has 1 saturated heterocycles. The van der Waals surface area contributed by atoms with Crippen LogP contribution >= 0.6 is 0 Å². The van der Waals surface area contributed by atoms with Crippen molar-refractivity contribution in [1.29, 1.82) is 0 Å². The van der Waals surface area contributed by atoms with Crippen molar-refractivity contribution in [2.24, 2.45) is 0 Å². The molecule has 2 bridgehead atoms. The van der Waals surface area contributed by atoms with Crippen LogP contribution < -0.4 is 5.69 Å². The third kappa shape index (κ3) is 2.99. The maximum atomic E-state index is 13.3. The number of carbonyl (C=O) groups is 1. The van der Waals surface area contributed by atoms with Crippen LogP contribution in [0.4, 0.5) is 0 Å². The molecule has 150 valence electrons. The van der Waals surface area contributed by atoms with Gasteiger partial charge in [0, 0.05) is 31.7 Å². The quantitative estimate of drug-likeness (QED) is 0.675. The van der Waals surface area contributed by atoms with Gasteiger partial charge in [-0.1, -0.05) is 30.3 Å². The van der Waals surface area contributed by atoms with Gasteiger partial charge in [0.1, 0.15) is 11.5 Å². The van der Waals surface area contributed by atoms with E-state index in [1.807, 2.05) is 42.2 Å². The molecule has 8 nitrogen and oxygen atoms in total. The Labute approximate surface area is 168 Å². The first kappa shape index (κ1) is 17.9. The third-order valence-corrected chi connectivity index (χ3v) is 6.08. The highest BCUT2D eigenvalue weighted by Gasteiger charge is 2.42. The van der Waals surface area contributed by atoms with E-state index < -0.39 is 0 Å². The van der Waals surface area contributed by atoms with Crippen LogP contribution in [0, 0.1) is 0 Å². The zero-order valence-electron chi connectivity index (χ0n) is 16.4. The van der Waals surface area contributed by atoms with Crippen molar-refractivity contribution in [3.05, 3.63) is 70.2 Å². The van der Waals surface area contributed by atoms with Crippen LogP contribution in [-0.2, 0) is 26.1 Å². The number of aromatic nitrogens is 5. The van der Waals surface area contributed by atoms with Crippen molar-refractivity contribution < 1.29 is 4.79 Å². The van der Waals surface area contributed by atoms with E-state index in [2.05, 4.69) is 10.2 Å². The summed E-state index contributed by atoms with van der Waals surface area (Å²) in [7, 11) is 0. The van der Waals surface area contributed by atoms with Gasteiger partial charge in [-0.05, 0) is 31.4 Å². The summed E-state index contributed by atoms with van der Waals surface area (Å²) in [5.41, 5.74) is 1.57. The molecule has 4 heterocycles. The van der Waals surface area contributed by atoms with Gasteiger partial charge in [-0.15, -0.1) is 0 Å². The molecule has 0 aliphatic carbocycles. The second kappa shape index (κ2) is 7.02. The summed E-state index contributed by atoms with van der Waals surface area (Å²) < 4.78 is 5.05. The van der Waals surface area contributed by atoms with Crippen molar-refractivity contribution in [2.75, 3.05) is 0 Å². The number of hydrogen-bond donors (Lipinski definition) is 0. The molecule has 2 aromatic heterocycles. The number of aryl methyl sites for hydroxylation is 1. The molecule has 5 rings (SSSR count). The number of hydrogen-bond acceptors (Lipinski definition) is 4. The Balaban J connectivity index is 1.44. The van der Waals surface area contributed by atoms with Crippen LogP contribution in [-0.4, -0.2) is 47.0 Å². The van der Waals surface area contributed by atoms with Crippen LogP contribution in [0.3, 0.4) is 0 Å². The summed E-state index contributed by atoms with van der Waals surface area (Å²) in [6.07, 6.45) is 4.13. The van der Waals surface area contributed by atoms with E-state index in [0.29, 0.717) is 31.7 Å². The summed E-state index contributed by atoms with van der Waals surface area (Å²) in [6.45, 7) is 3.60. The molecule has 0 unspecified atom stereocenters. The van der Waals surface area contributed by atoms with Gasteiger partial charge in [0.25, 0.3) is 5.91 Å². The van der Waals surface area contributed by atoms with E-state index in [1.54, 1.807) is 26.2 Å². The number of nitrogens with zero attached hydrogens (tertiary/aromatic N) is 6. The van der Waals surface area contributed by atoms with Crippen molar-refractivity contribution in [2.45, 2.75) is 57.9 Å². The summed E-state index contributed by atoms with van der Waals surface area (Å²) in [6, 6.07) is 11.7. The Morgan fingerprint density at radius 1 is 1.10 bits per heavy atom. The molecule has 0 radical (unpaired) electrons. The lowest BCUT2D eigenvalue weighted by Crippen LogP contribution is -2.43. The maximum absolute atomic E-state index is 13.3. The number of fused-ring (bicyclic) bond motifs is 3. The maximum Gasteiger partial charge on any atom is 0.346 e. The molecule has 0 spiro atoms. The van der Waals surface area contributed by atoms with Gasteiger partial charge >= 0.3 is 5.69 Å². The molecule has 2 aliphatic heterocycles. The van der Waals surface area contributed by atoms with Crippen LogP contribution in [0.5, 0.6) is 0 Å². The molecule has 2 atom stereocenters. The second-order valence-electron chi connectivity index (χ2n) is 7.79. The molecule has 2 aliphatic rings. The zero-order chi connectivity index (χ0) is 20.0. The molecule has 3 aromatic rings. The molecule has 1 amide bonds. The van der Waals surface area contributed by atoms with Gasteiger partial charge in [0.15, 0.2) is 0 Å². The first-order chi connectivity index (χ1) is 14.2. The fourth-order valence-corrected chi connectivity index (χ4v) is 4.67. The standard InChI is InChI=1S/C21H24N6O2/c1-2-25-18(10-11-22-25)20(28)27-16-8-9-17(27)14-24-19(12-16)23-26(21(24)29)13-15-6-4-3-5-7-15/h3-7,10-11,16-17H,2,8-9,12-14H2,1H3/t16-,17+/m0/s1. The highest BCUT2D eigenvalue weighted by Crippen LogP contribution is 2.31. The van der Waals surface area contributed by atoms with Crippen molar-refractivity contribution in [1.82, 2.24) is 29.0 Å². The van der Waals surface area contributed by atoms with Crippen LogP contribution in [0.2, 0.25) is 0 Å². The van der Waals surface area contributed by atoms with Crippen molar-refractivity contribution in [3.63, 3.8) is 0 Å². The Bertz CT molecular complexity index is 1100. The van der Waals surface area contributed by atoms with E-state index in [1.165, 1.54) is 0 Å². The van der Waals surface area contributed by atoms with E-state index in [9.17, 15) is 9.59 Å². The summed E-state index contributed by atoms with van der Waals surface area (Å²) in [5, 5.41) is 8.86. The van der Waals surface area contributed by atoms with E-state index in [4.69, 9.17) is 0 Å². The normalized spacial score (nSPS) is 20.5. The predicted octanol–water partition coefficient (Wildman–Crippen LogP) is 1.54. The fourth-order valence-electron chi connectivity index (χ4n) is 4.67. The summed E-state index contributed by atoms with van der Waals surface area (Å²) in [5.74, 6) is 0.784. The molecule has 8 heteroatoms. The lowest BCUT2D eigenvalue weighted by Gasteiger charge is -2.28. The Morgan fingerprint density at radius 3 is 2.69 bits per heavy atom. The van der Waals surface area contributed by atoms with Crippen molar-refractivity contribution >= 4 is 5.91 Å². The van der Waals surface area contributed by atoms with Gasteiger partial charge in [-0.2, -0.15) is 10.2 Å². The lowest BCUT2D eigenvalue weighted by atomic mass is 10.1. The van der Waals surface area contributed by atoms with Gasteiger partial charge < -0.3 is 4.90 Å². The van der Waals surface area contributed by atoms with E-state index >= 15 is 0 Å². The monoisotopic (exact) mass is 392 g/mol. The Kier molecular flexibility index (Phi) is 4.34. The highest BCUT2D eigenvalue weighted by atomic mass is 16.2. The van der Waals surface area contributed by atoms with Crippen LogP contribution in [0.25, 0.3) is 0 Å². The Morgan fingerprint density at radius 2 is 1.90 bits per heavy atom. The number of rotatable bonds is 4. The minimum atomic E-state index is -0.0950. The largest absolute Gasteiger partial charge is 0.346 e. The molecular weight excluding hydrogens is 368 g/mol. The average molecular weight is 392 g/mol. The number of benzene rings is 1. The van der Waals surface area contributed by atoms with Gasteiger partial charge in [-0.25, -0.2) is 9.48 Å². The first-order valence-corrected chi connectivity index (χ1v) is 10.2. The fraction of sp³-hybridized carbons (Fsp3) is 0.429. The van der Waals surface area contributed by atoms with Crippen molar-refractivity contribution in [3.8, 4) is 0 Å². The molecule has 1 aromatic carbocycles. The smallest absolute Gasteiger partial charge is 0.329 e. The molecule has 0 saturated carbocycles. The van der Waals surface area contributed by atoms with E-state index in [-0.39, 0.29) is 23.7 Å². The Hall–Kier alpha value is -3.16. The topological polar surface area (TPSA) is 78.0 Å². The highest BCUT2D eigenvalue weighted by molar-refractivity contribution is 5.93. The van der Waals surface area contributed by atoms with E-state index in [0.717, 1.165) is 24.2 Å². The lowest BCUT2D eigenvalue weighted by molar-refractivity contribution is 0.0652. The summed E-state index contributed by atoms with van der Waals surface area (Å²) >= 11 is 0. The molecule has 29 heavy (non-hydrogen) atoms. The van der Waals surface area contributed by atoms with Crippen LogP contribution in [0.15, 0.2) is 47.4 Å². The SMILES string of the molecule is CCn1nccc1C(=O)N1[C@@H]2CC[C@H]1Cc1nn(Cc3ccccc3)c(=O)n1C2. The number of carbonyl (C=O) groups excluding carboxylic acids is 1. The van der Waals surface area contributed by atoms with Gasteiger partial charge in [0.2, 0.25) is 0 Å². The minimum absolute atomic E-state index is 0.00668.